The van der Waals surface area contributed by atoms with E-state index in [9.17, 15) is 9.59 Å². The molecule has 2 atom stereocenters. The van der Waals surface area contributed by atoms with Gasteiger partial charge in [0.25, 0.3) is 0 Å². The Hall–Kier alpha value is -3.61. The lowest BCUT2D eigenvalue weighted by Gasteiger charge is -2.22. The molecule has 2 amide bonds. The molecule has 0 spiro atoms. The molecule has 0 aliphatic heterocycles. The monoisotopic (exact) mass is 392 g/mol. The highest BCUT2D eigenvalue weighted by Crippen LogP contribution is 2.20. The number of rotatable bonds is 7. The molecular weight excluding hydrogens is 368 g/mol. The molecule has 0 saturated carbocycles. The van der Waals surface area contributed by atoms with E-state index in [0.29, 0.717) is 5.82 Å². The van der Waals surface area contributed by atoms with Crippen LogP contribution < -0.4 is 10.6 Å². The number of hydrogen-bond acceptors (Lipinski definition) is 4. The third kappa shape index (κ3) is 5.44. The van der Waals surface area contributed by atoms with Crippen molar-refractivity contribution in [1.29, 1.82) is 0 Å². The first kappa shape index (κ1) is 20.1. The van der Waals surface area contributed by atoms with Crippen LogP contribution in [0.2, 0.25) is 0 Å². The van der Waals surface area contributed by atoms with Gasteiger partial charge < -0.3 is 19.9 Å². The Kier molecular flexibility index (Phi) is 6.63. The first-order valence-corrected chi connectivity index (χ1v) is 9.34. The normalized spacial score (nSPS) is 12.6. The Morgan fingerprint density at radius 2 is 1.69 bits per heavy atom. The van der Waals surface area contributed by atoms with Gasteiger partial charge in [0.05, 0.1) is 0 Å². The first-order valence-electron chi connectivity index (χ1n) is 9.34. The molecule has 1 heterocycles. The number of aryl methyl sites for hydroxylation is 1. The highest BCUT2D eigenvalue weighted by molar-refractivity contribution is 5.85. The Morgan fingerprint density at radius 3 is 2.31 bits per heavy atom. The fourth-order valence-corrected chi connectivity index (χ4v) is 2.87. The largest absolute Gasteiger partial charge is 0.445 e. The summed E-state index contributed by atoms with van der Waals surface area (Å²) in [7, 11) is 1.87. The van der Waals surface area contributed by atoms with Crippen LogP contribution in [0.1, 0.15) is 29.9 Å². The fourth-order valence-electron chi connectivity index (χ4n) is 2.87. The summed E-state index contributed by atoms with van der Waals surface area (Å²) in [6, 6.07) is 17.7. The van der Waals surface area contributed by atoms with Gasteiger partial charge in [0.15, 0.2) is 0 Å². The molecule has 0 saturated heterocycles. The van der Waals surface area contributed by atoms with Gasteiger partial charge >= 0.3 is 6.09 Å². The van der Waals surface area contributed by atoms with Crippen molar-refractivity contribution in [2.45, 2.75) is 25.6 Å². The second-order valence-electron chi connectivity index (χ2n) is 6.68. The van der Waals surface area contributed by atoms with Gasteiger partial charge in [-0.1, -0.05) is 60.7 Å². The number of ether oxygens (including phenoxy) is 1. The summed E-state index contributed by atoms with van der Waals surface area (Å²) in [5.74, 6) is 0.363. The minimum absolute atomic E-state index is 0.140. The lowest BCUT2D eigenvalue weighted by molar-refractivity contribution is -0.123. The lowest BCUT2D eigenvalue weighted by Crippen LogP contribution is -2.46. The Morgan fingerprint density at radius 1 is 1.03 bits per heavy atom. The van der Waals surface area contributed by atoms with Crippen molar-refractivity contribution in [1.82, 2.24) is 20.2 Å². The van der Waals surface area contributed by atoms with Gasteiger partial charge in [-0.05, 0) is 18.1 Å². The van der Waals surface area contributed by atoms with E-state index in [1.165, 1.54) is 0 Å². The maximum Gasteiger partial charge on any atom is 0.408 e. The SMILES string of the molecule is C[C@H](NC(=O)OCc1ccccc1)C(=O)N[C@H](c1ccccc1)c1nccn1C. The van der Waals surface area contributed by atoms with Crippen LogP contribution in [0.25, 0.3) is 0 Å². The van der Waals surface area contributed by atoms with Crippen LogP contribution in [0.15, 0.2) is 73.1 Å². The minimum atomic E-state index is -0.773. The summed E-state index contributed by atoms with van der Waals surface area (Å²) in [6.07, 6.45) is 2.85. The smallest absolute Gasteiger partial charge is 0.408 e. The maximum atomic E-state index is 12.7. The molecule has 7 nitrogen and oxygen atoms in total. The molecule has 0 fully saturated rings. The van der Waals surface area contributed by atoms with Crippen LogP contribution >= 0.6 is 0 Å². The van der Waals surface area contributed by atoms with Crippen molar-refractivity contribution >= 4 is 12.0 Å². The molecule has 0 bridgehead atoms. The summed E-state index contributed by atoms with van der Waals surface area (Å²) >= 11 is 0. The van der Waals surface area contributed by atoms with E-state index in [-0.39, 0.29) is 12.5 Å². The number of nitrogens with one attached hydrogen (secondary N) is 2. The summed E-state index contributed by atoms with van der Waals surface area (Å²) in [6.45, 7) is 1.75. The molecule has 7 heteroatoms. The highest BCUT2D eigenvalue weighted by atomic mass is 16.5. The van der Waals surface area contributed by atoms with Gasteiger partial charge in [-0.15, -0.1) is 0 Å². The van der Waals surface area contributed by atoms with E-state index in [2.05, 4.69) is 15.6 Å². The quantitative estimate of drug-likeness (QED) is 0.647. The number of alkyl carbamates (subject to hydrolysis) is 1. The summed E-state index contributed by atoms with van der Waals surface area (Å²) in [5, 5.41) is 5.53. The molecule has 3 rings (SSSR count). The molecule has 0 aliphatic carbocycles. The lowest BCUT2D eigenvalue weighted by atomic mass is 10.1. The van der Waals surface area contributed by atoms with Crippen LogP contribution in [0.3, 0.4) is 0 Å². The van der Waals surface area contributed by atoms with Gasteiger partial charge in [-0.25, -0.2) is 9.78 Å². The van der Waals surface area contributed by atoms with Crippen molar-refractivity contribution in [3.8, 4) is 0 Å². The molecule has 0 aliphatic rings. The van der Waals surface area contributed by atoms with Gasteiger partial charge in [0.1, 0.15) is 24.5 Å². The highest BCUT2D eigenvalue weighted by Gasteiger charge is 2.24. The number of amides is 2. The van der Waals surface area contributed by atoms with Crippen molar-refractivity contribution in [3.63, 3.8) is 0 Å². The summed E-state index contributed by atoms with van der Waals surface area (Å²) in [4.78, 5) is 29.1. The number of benzene rings is 2. The van der Waals surface area contributed by atoms with Crippen LogP contribution in [0, 0.1) is 0 Å². The predicted octanol–water partition coefficient (Wildman–Crippen LogP) is 2.94. The van der Waals surface area contributed by atoms with Gasteiger partial charge in [0, 0.05) is 19.4 Å². The zero-order valence-corrected chi connectivity index (χ0v) is 16.4. The van der Waals surface area contributed by atoms with Gasteiger partial charge in [0.2, 0.25) is 5.91 Å². The first-order chi connectivity index (χ1) is 14.0. The zero-order valence-electron chi connectivity index (χ0n) is 16.4. The number of imidazole rings is 1. The Labute approximate surface area is 169 Å². The number of hydrogen-bond donors (Lipinski definition) is 2. The zero-order chi connectivity index (χ0) is 20.6. The van der Waals surface area contributed by atoms with E-state index in [4.69, 9.17) is 4.74 Å². The van der Waals surface area contributed by atoms with Crippen LogP contribution in [0.4, 0.5) is 4.79 Å². The minimum Gasteiger partial charge on any atom is -0.445 e. The third-order valence-electron chi connectivity index (χ3n) is 4.48. The molecule has 0 radical (unpaired) electrons. The van der Waals surface area contributed by atoms with Crippen molar-refractivity contribution in [3.05, 3.63) is 90.0 Å². The molecule has 2 aromatic carbocycles. The molecule has 29 heavy (non-hydrogen) atoms. The predicted molar refractivity (Wildman–Crippen MR) is 109 cm³/mol. The molecule has 2 N–H and O–H groups in total. The second kappa shape index (κ2) is 9.54. The Bertz CT molecular complexity index is 941. The number of aromatic nitrogens is 2. The van der Waals surface area contributed by atoms with Crippen LogP contribution in [0.5, 0.6) is 0 Å². The molecule has 150 valence electrons. The standard InChI is InChI=1S/C22H24N4O3/c1-16(24-22(28)29-15-17-9-5-3-6-10-17)21(27)25-19(18-11-7-4-8-12-18)20-23-13-14-26(20)2/h3-14,16,19H,15H2,1-2H3,(H,24,28)(H,25,27)/t16-,19+/m0/s1. The van der Waals surface area contributed by atoms with Crippen molar-refractivity contribution < 1.29 is 14.3 Å². The summed E-state index contributed by atoms with van der Waals surface area (Å²) in [5.41, 5.74) is 1.77. The number of nitrogens with zero attached hydrogens (tertiary/aromatic N) is 2. The van der Waals surface area contributed by atoms with E-state index in [0.717, 1.165) is 11.1 Å². The van der Waals surface area contributed by atoms with Gasteiger partial charge in [-0.2, -0.15) is 0 Å². The average molecular weight is 392 g/mol. The van der Waals surface area contributed by atoms with Gasteiger partial charge in [-0.3, -0.25) is 4.79 Å². The van der Waals surface area contributed by atoms with Crippen LogP contribution in [-0.4, -0.2) is 27.6 Å². The van der Waals surface area contributed by atoms with Crippen molar-refractivity contribution in [2.24, 2.45) is 7.05 Å². The summed E-state index contributed by atoms with van der Waals surface area (Å²) < 4.78 is 7.03. The molecule has 3 aromatic rings. The van der Waals surface area contributed by atoms with Crippen LogP contribution in [-0.2, 0) is 23.2 Å². The third-order valence-corrected chi connectivity index (χ3v) is 4.48. The van der Waals surface area contributed by atoms with E-state index >= 15 is 0 Å². The number of carbonyl (C=O) groups is 2. The Balaban J connectivity index is 1.61. The van der Waals surface area contributed by atoms with E-state index < -0.39 is 18.2 Å². The number of carbonyl (C=O) groups excluding carboxylic acids is 2. The molecular formula is C22H24N4O3. The second-order valence-corrected chi connectivity index (χ2v) is 6.68. The average Bonchev–Trinajstić information content (AvgIpc) is 3.17. The van der Waals surface area contributed by atoms with E-state index in [1.807, 2.05) is 78.5 Å². The molecule has 0 unspecified atom stereocenters. The molecule has 1 aromatic heterocycles. The maximum absolute atomic E-state index is 12.7. The topological polar surface area (TPSA) is 85.2 Å². The fraction of sp³-hybridized carbons (Fsp3) is 0.227. The van der Waals surface area contributed by atoms with Crippen molar-refractivity contribution in [2.75, 3.05) is 0 Å². The van der Waals surface area contributed by atoms with E-state index in [1.54, 1.807) is 13.1 Å².